The first kappa shape index (κ1) is 18.6. The number of morpholine rings is 1. The number of nitrogens with one attached hydrogen (secondary N) is 1. The Kier molecular flexibility index (Phi) is 5.65. The third-order valence-electron chi connectivity index (χ3n) is 5.09. The molecule has 4 rings (SSSR count). The SMILES string of the molecule is CCC(=O)Nc1ccc(-c2cc(CN3CCOCC3)c3ccccc3n2)cc1. The normalized spacial score (nSPS) is 14.9. The lowest BCUT2D eigenvalue weighted by Crippen LogP contribution is -2.35. The van der Waals surface area contributed by atoms with Crippen molar-refractivity contribution in [3.8, 4) is 11.3 Å². The highest BCUT2D eigenvalue weighted by molar-refractivity contribution is 5.91. The molecule has 0 atom stereocenters. The maximum absolute atomic E-state index is 11.6. The van der Waals surface area contributed by atoms with Crippen LogP contribution in [0.3, 0.4) is 0 Å². The molecule has 0 bridgehead atoms. The predicted octanol–water partition coefficient (Wildman–Crippen LogP) is 4.08. The molecule has 5 nitrogen and oxygen atoms in total. The maximum atomic E-state index is 11.6. The lowest BCUT2D eigenvalue weighted by molar-refractivity contribution is -0.115. The van der Waals surface area contributed by atoms with Crippen LogP contribution < -0.4 is 5.32 Å². The van der Waals surface area contributed by atoms with Crippen LogP contribution >= 0.6 is 0 Å². The molecule has 0 saturated carbocycles. The molecule has 1 amide bonds. The zero-order chi connectivity index (χ0) is 19.3. The van der Waals surface area contributed by atoms with Gasteiger partial charge in [-0.2, -0.15) is 0 Å². The van der Waals surface area contributed by atoms with Crippen molar-refractivity contribution in [2.45, 2.75) is 19.9 Å². The molecule has 5 heteroatoms. The second-order valence-corrected chi connectivity index (χ2v) is 7.05. The fraction of sp³-hybridized carbons (Fsp3) is 0.304. The summed E-state index contributed by atoms with van der Waals surface area (Å²) >= 11 is 0. The number of para-hydroxylation sites is 1. The number of nitrogens with zero attached hydrogens (tertiary/aromatic N) is 2. The van der Waals surface area contributed by atoms with E-state index in [-0.39, 0.29) is 5.91 Å². The molecule has 1 N–H and O–H groups in total. The number of carbonyl (C=O) groups excluding carboxylic acids is 1. The minimum absolute atomic E-state index is 0.0179. The van der Waals surface area contributed by atoms with Gasteiger partial charge in [0.1, 0.15) is 0 Å². The first-order valence-electron chi connectivity index (χ1n) is 9.82. The molecule has 0 aliphatic carbocycles. The molecule has 1 aliphatic rings. The van der Waals surface area contributed by atoms with Gasteiger partial charge < -0.3 is 10.1 Å². The van der Waals surface area contributed by atoms with Crippen LogP contribution in [0.4, 0.5) is 5.69 Å². The highest BCUT2D eigenvalue weighted by Gasteiger charge is 2.14. The van der Waals surface area contributed by atoms with Crippen molar-refractivity contribution in [2.24, 2.45) is 0 Å². The van der Waals surface area contributed by atoms with E-state index in [2.05, 4.69) is 34.5 Å². The molecule has 2 heterocycles. The van der Waals surface area contributed by atoms with Gasteiger partial charge in [0.15, 0.2) is 0 Å². The van der Waals surface area contributed by atoms with Gasteiger partial charge in [-0.25, -0.2) is 4.98 Å². The molecule has 0 spiro atoms. The summed E-state index contributed by atoms with van der Waals surface area (Å²) in [6.07, 6.45) is 0.471. The van der Waals surface area contributed by atoms with Gasteiger partial charge >= 0.3 is 0 Å². The number of hydrogen-bond acceptors (Lipinski definition) is 4. The Labute approximate surface area is 165 Å². The number of fused-ring (bicyclic) bond motifs is 1. The number of amides is 1. The fourth-order valence-electron chi connectivity index (χ4n) is 3.50. The monoisotopic (exact) mass is 375 g/mol. The summed E-state index contributed by atoms with van der Waals surface area (Å²) in [6, 6.07) is 18.4. The van der Waals surface area contributed by atoms with Crippen LogP contribution in [0.15, 0.2) is 54.6 Å². The van der Waals surface area contributed by atoms with E-state index in [0.717, 1.165) is 55.3 Å². The van der Waals surface area contributed by atoms with Crippen molar-refractivity contribution < 1.29 is 9.53 Å². The van der Waals surface area contributed by atoms with Crippen LogP contribution in [-0.4, -0.2) is 42.1 Å². The van der Waals surface area contributed by atoms with E-state index < -0.39 is 0 Å². The van der Waals surface area contributed by atoms with Crippen molar-refractivity contribution in [1.29, 1.82) is 0 Å². The molecule has 28 heavy (non-hydrogen) atoms. The lowest BCUT2D eigenvalue weighted by atomic mass is 10.0. The highest BCUT2D eigenvalue weighted by atomic mass is 16.5. The predicted molar refractivity (Wildman–Crippen MR) is 112 cm³/mol. The van der Waals surface area contributed by atoms with E-state index in [1.165, 1.54) is 10.9 Å². The van der Waals surface area contributed by atoms with Crippen molar-refractivity contribution in [3.63, 3.8) is 0 Å². The molecule has 0 unspecified atom stereocenters. The van der Waals surface area contributed by atoms with Gasteiger partial charge in [-0.3, -0.25) is 9.69 Å². The summed E-state index contributed by atoms with van der Waals surface area (Å²) in [7, 11) is 0. The van der Waals surface area contributed by atoms with Gasteiger partial charge in [0.25, 0.3) is 0 Å². The van der Waals surface area contributed by atoms with E-state index >= 15 is 0 Å². The molecular weight excluding hydrogens is 350 g/mol. The van der Waals surface area contributed by atoms with Crippen LogP contribution in [0.5, 0.6) is 0 Å². The van der Waals surface area contributed by atoms with E-state index in [0.29, 0.717) is 6.42 Å². The summed E-state index contributed by atoms with van der Waals surface area (Å²) < 4.78 is 5.48. The smallest absolute Gasteiger partial charge is 0.224 e. The Morgan fingerprint density at radius 1 is 1.11 bits per heavy atom. The van der Waals surface area contributed by atoms with Crippen molar-refractivity contribution in [3.05, 3.63) is 60.2 Å². The number of hydrogen-bond donors (Lipinski definition) is 1. The molecule has 1 aromatic heterocycles. The van der Waals surface area contributed by atoms with Crippen LogP contribution in [0.2, 0.25) is 0 Å². The van der Waals surface area contributed by atoms with Crippen molar-refractivity contribution in [1.82, 2.24) is 9.88 Å². The number of rotatable bonds is 5. The molecule has 144 valence electrons. The Balaban J connectivity index is 1.66. The number of aromatic nitrogens is 1. The van der Waals surface area contributed by atoms with Gasteiger partial charge in [0.2, 0.25) is 5.91 Å². The zero-order valence-electron chi connectivity index (χ0n) is 16.1. The lowest BCUT2D eigenvalue weighted by Gasteiger charge is -2.27. The third kappa shape index (κ3) is 4.21. The van der Waals surface area contributed by atoms with Crippen molar-refractivity contribution in [2.75, 3.05) is 31.6 Å². The summed E-state index contributed by atoms with van der Waals surface area (Å²) in [5.41, 5.74) is 5.10. The first-order valence-corrected chi connectivity index (χ1v) is 9.82. The second-order valence-electron chi connectivity index (χ2n) is 7.05. The Morgan fingerprint density at radius 2 is 1.86 bits per heavy atom. The van der Waals surface area contributed by atoms with Crippen LogP contribution in [-0.2, 0) is 16.1 Å². The van der Waals surface area contributed by atoms with Gasteiger partial charge in [0.05, 0.1) is 24.4 Å². The van der Waals surface area contributed by atoms with Gasteiger partial charge in [-0.1, -0.05) is 37.3 Å². The van der Waals surface area contributed by atoms with Gasteiger partial charge in [-0.15, -0.1) is 0 Å². The Morgan fingerprint density at radius 3 is 2.61 bits per heavy atom. The molecule has 1 saturated heterocycles. The molecule has 2 aromatic carbocycles. The van der Waals surface area contributed by atoms with Gasteiger partial charge in [0, 0.05) is 42.7 Å². The van der Waals surface area contributed by atoms with E-state index in [4.69, 9.17) is 9.72 Å². The number of benzene rings is 2. The largest absolute Gasteiger partial charge is 0.379 e. The van der Waals surface area contributed by atoms with E-state index in [1.807, 2.05) is 37.3 Å². The first-order chi connectivity index (χ1) is 13.7. The fourth-order valence-corrected chi connectivity index (χ4v) is 3.50. The summed E-state index contributed by atoms with van der Waals surface area (Å²) in [4.78, 5) is 18.9. The second kappa shape index (κ2) is 8.50. The Hall–Kier alpha value is -2.76. The molecule has 3 aromatic rings. The molecule has 1 aliphatic heterocycles. The maximum Gasteiger partial charge on any atom is 0.224 e. The molecule has 1 fully saturated rings. The van der Waals surface area contributed by atoms with E-state index in [9.17, 15) is 4.79 Å². The van der Waals surface area contributed by atoms with E-state index in [1.54, 1.807) is 0 Å². The average Bonchev–Trinajstić information content (AvgIpc) is 2.75. The third-order valence-corrected chi connectivity index (χ3v) is 5.09. The number of carbonyl (C=O) groups is 1. The number of anilines is 1. The molecule has 0 radical (unpaired) electrons. The van der Waals surface area contributed by atoms with Crippen LogP contribution in [0, 0.1) is 0 Å². The minimum atomic E-state index is 0.0179. The topological polar surface area (TPSA) is 54.5 Å². The molecular formula is C23H25N3O2. The summed E-state index contributed by atoms with van der Waals surface area (Å²) in [5, 5.41) is 4.09. The minimum Gasteiger partial charge on any atom is -0.379 e. The van der Waals surface area contributed by atoms with Crippen LogP contribution in [0.1, 0.15) is 18.9 Å². The van der Waals surface area contributed by atoms with Crippen molar-refractivity contribution >= 4 is 22.5 Å². The zero-order valence-corrected chi connectivity index (χ0v) is 16.1. The summed E-state index contributed by atoms with van der Waals surface area (Å²) in [6.45, 7) is 6.24. The average molecular weight is 375 g/mol. The highest BCUT2D eigenvalue weighted by Crippen LogP contribution is 2.27. The number of ether oxygens (including phenoxy) is 1. The summed E-state index contributed by atoms with van der Waals surface area (Å²) in [5.74, 6) is 0.0179. The van der Waals surface area contributed by atoms with Crippen LogP contribution in [0.25, 0.3) is 22.2 Å². The standard InChI is InChI=1S/C23H25N3O2/c1-2-23(27)24-19-9-7-17(8-10-19)22-15-18(16-26-11-13-28-14-12-26)20-5-3-4-6-21(20)25-22/h3-10,15H,2,11-14,16H2,1H3,(H,24,27). The Bertz CT molecular complexity index is 963. The number of pyridine rings is 1. The quantitative estimate of drug-likeness (QED) is 0.730. The van der Waals surface area contributed by atoms with Gasteiger partial charge in [-0.05, 0) is 29.8 Å².